The number of hydrogen-bond acceptors (Lipinski definition) is 1. The monoisotopic (exact) mass is 428 g/mol. The minimum Gasteiger partial charge on any atom is -0.308 e. The maximum Gasteiger partial charge on any atom is 0.0822 e. The molecule has 0 aliphatic heterocycles. The Balaban J connectivity index is 1.69. The molecule has 2 nitrogen and oxygen atoms in total. The van der Waals surface area contributed by atoms with E-state index in [0.29, 0.717) is 5.92 Å². The van der Waals surface area contributed by atoms with Gasteiger partial charge in [0.25, 0.3) is 0 Å². The molecule has 2 bridgehead atoms. The number of benzene rings is 3. The van der Waals surface area contributed by atoms with Gasteiger partial charge >= 0.3 is 0 Å². The summed E-state index contributed by atoms with van der Waals surface area (Å²) < 4.78 is 2.59. The molecule has 3 atom stereocenters. The lowest BCUT2D eigenvalue weighted by molar-refractivity contribution is 0.422. The Labute approximate surface area is 193 Å². The smallest absolute Gasteiger partial charge is 0.0822 e. The third-order valence-corrected chi connectivity index (χ3v) is 9.00. The van der Waals surface area contributed by atoms with Crippen LogP contribution in [0.5, 0.6) is 0 Å². The lowest BCUT2D eigenvalue weighted by Gasteiger charge is -2.24. The summed E-state index contributed by atoms with van der Waals surface area (Å²) in [6.45, 7) is 6.69. The van der Waals surface area contributed by atoms with E-state index in [2.05, 4.69) is 67.6 Å². The van der Waals surface area contributed by atoms with E-state index in [1.165, 1.54) is 85.9 Å². The van der Waals surface area contributed by atoms with Crippen molar-refractivity contribution in [1.82, 2.24) is 9.38 Å². The van der Waals surface area contributed by atoms with Gasteiger partial charge in [0.05, 0.1) is 22.1 Å². The van der Waals surface area contributed by atoms with Gasteiger partial charge in [0.1, 0.15) is 0 Å². The number of fused-ring (bicyclic) bond motifs is 8. The highest BCUT2D eigenvalue weighted by Gasteiger charge is 2.41. The Morgan fingerprint density at radius 1 is 0.818 bits per heavy atom. The topological polar surface area (TPSA) is 17.3 Å². The molecule has 0 N–H and O–H groups in total. The van der Waals surface area contributed by atoms with Crippen LogP contribution in [-0.4, -0.2) is 9.38 Å². The van der Waals surface area contributed by atoms with Crippen LogP contribution in [0.2, 0.25) is 0 Å². The molecule has 3 heterocycles. The highest BCUT2D eigenvalue weighted by Crippen LogP contribution is 2.56. The average Bonchev–Trinajstić information content (AvgIpc) is 3.51. The van der Waals surface area contributed by atoms with Crippen molar-refractivity contribution < 1.29 is 0 Å². The fourth-order valence-electron chi connectivity index (χ4n) is 7.80. The third-order valence-electron chi connectivity index (χ3n) is 9.00. The minimum atomic E-state index is 0.700. The summed E-state index contributed by atoms with van der Waals surface area (Å²) in [6.07, 6.45) is 7.69. The van der Waals surface area contributed by atoms with E-state index in [1.807, 2.05) is 6.20 Å². The second-order valence-corrected chi connectivity index (χ2v) is 11.1. The molecule has 0 spiro atoms. The van der Waals surface area contributed by atoms with Crippen LogP contribution in [-0.2, 0) is 0 Å². The first-order valence-electron chi connectivity index (χ1n) is 12.6. The summed E-state index contributed by atoms with van der Waals surface area (Å²) in [6, 6.07) is 16.5. The van der Waals surface area contributed by atoms with Crippen LogP contribution in [0.4, 0.5) is 0 Å². The van der Waals surface area contributed by atoms with Crippen LogP contribution in [0.25, 0.3) is 49.0 Å². The quantitative estimate of drug-likeness (QED) is 0.190. The fraction of sp³-hybridized carbons (Fsp3) is 0.323. The number of aryl methyl sites for hydroxylation is 3. The van der Waals surface area contributed by atoms with Crippen LogP contribution in [0.1, 0.15) is 53.9 Å². The summed E-state index contributed by atoms with van der Waals surface area (Å²) in [7, 11) is 0. The fourth-order valence-corrected chi connectivity index (χ4v) is 7.80. The molecule has 0 saturated heterocycles. The Morgan fingerprint density at radius 2 is 1.73 bits per heavy atom. The van der Waals surface area contributed by atoms with E-state index in [9.17, 15) is 0 Å². The van der Waals surface area contributed by atoms with Gasteiger partial charge in [-0.05, 0) is 104 Å². The zero-order valence-corrected chi connectivity index (χ0v) is 19.6. The summed E-state index contributed by atoms with van der Waals surface area (Å²) in [5.74, 6) is 2.50. The summed E-state index contributed by atoms with van der Waals surface area (Å²) in [4.78, 5) is 4.98. The maximum atomic E-state index is 4.98. The molecular weight excluding hydrogens is 400 g/mol. The van der Waals surface area contributed by atoms with Gasteiger partial charge in [-0.25, -0.2) is 0 Å². The number of rotatable bonds is 1. The maximum absolute atomic E-state index is 4.98. The first-order chi connectivity index (χ1) is 16.1. The molecule has 6 aromatic rings. The molecule has 2 aliphatic carbocycles. The van der Waals surface area contributed by atoms with Crippen molar-refractivity contribution >= 4 is 49.0 Å². The summed E-state index contributed by atoms with van der Waals surface area (Å²) >= 11 is 0. The molecule has 3 aromatic heterocycles. The molecule has 3 aromatic carbocycles. The Kier molecular flexibility index (Phi) is 3.36. The van der Waals surface area contributed by atoms with Crippen molar-refractivity contribution in [3.63, 3.8) is 0 Å². The molecule has 2 aliphatic rings. The second kappa shape index (κ2) is 6.05. The minimum absolute atomic E-state index is 0.700. The standard InChI is InChI=1S/C31H28N2/c1-16-4-7-22-26(12-16)33-30-18(3)10-17(2)11-25(30)29-27-21(8-9-32-29)15-24(28(22)31(27)33)23-14-19-5-6-20(23)13-19/h4,7-12,15,19-20,23H,5-6,13-14H2,1-3H3. The molecule has 0 amide bonds. The van der Waals surface area contributed by atoms with Crippen LogP contribution >= 0.6 is 0 Å². The molecule has 3 unspecified atom stereocenters. The van der Waals surface area contributed by atoms with E-state index in [-0.39, 0.29) is 0 Å². The SMILES string of the molecule is Cc1cc(C)c2c(c1)c1nccc3cc(C4CC5CCC4C5)c4c5ccc(C)cc5n2c4c31. The lowest BCUT2D eigenvalue weighted by Crippen LogP contribution is -2.09. The second-order valence-electron chi connectivity index (χ2n) is 11.1. The van der Waals surface area contributed by atoms with Gasteiger partial charge in [-0.1, -0.05) is 30.2 Å². The first-order valence-corrected chi connectivity index (χ1v) is 12.6. The van der Waals surface area contributed by atoms with Crippen molar-refractivity contribution in [1.29, 1.82) is 0 Å². The molecular formula is C31H28N2. The summed E-state index contributed by atoms with van der Waals surface area (Å²) in [5, 5.41) is 6.88. The molecule has 2 fully saturated rings. The molecule has 8 rings (SSSR count). The molecule has 2 saturated carbocycles. The number of aromatic nitrogens is 2. The van der Waals surface area contributed by atoms with E-state index in [0.717, 1.165) is 17.4 Å². The first kappa shape index (κ1) is 18.3. The normalized spacial score (nSPS) is 22.8. The van der Waals surface area contributed by atoms with Gasteiger partial charge in [0, 0.05) is 27.7 Å². The van der Waals surface area contributed by atoms with E-state index < -0.39 is 0 Å². The largest absolute Gasteiger partial charge is 0.308 e. The zero-order chi connectivity index (χ0) is 22.0. The van der Waals surface area contributed by atoms with Gasteiger partial charge < -0.3 is 4.40 Å². The number of nitrogens with zero attached hydrogens (tertiary/aromatic N) is 2. The number of pyridine rings is 2. The van der Waals surface area contributed by atoms with Crippen molar-refractivity contribution in [3.8, 4) is 0 Å². The van der Waals surface area contributed by atoms with Gasteiger partial charge in [0.2, 0.25) is 0 Å². The third kappa shape index (κ3) is 2.22. The predicted octanol–water partition coefficient (Wildman–Crippen LogP) is 8.21. The Hall–Kier alpha value is -3.13. The molecule has 33 heavy (non-hydrogen) atoms. The molecule has 0 radical (unpaired) electrons. The van der Waals surface area contributed by atoms with Gasteiger partial charge in [-0.3, -0.25) is 4.98 Å². The van der Waals surface area contributed by atoms with Gasteiger partial charge in [-0.15, -0.1) is 0 Å². The average molecular weight is 429 g/mol. The van der Waals surface area contributed by atoms with Crippen LogP contribution < -0.4 is 0 Å². The predicted molar refractivity (Wildman–Crippen MR) is 139 cm³/mol. The van der Waals surface area contributed by atoms with Crippen molar-refractivity contribution in [3.05, 3.63) is 70.9 Å². The van der Waals surface area contributed by atoms with Gasteiger partial charge in [-0.2, -0.15) is 0 Å². The van der Waals surface area contributed by atoms with Crippen LogP contribution in [0.3, 0.4) is 0 Å². The Bertz CT molecular complexity index is 1770. The highest BCUT2D eigenvalue weighted by atomic mass is 14.9. The van der Waals surface area contributed by atoms with E-state index in [1.54, 1.807) is 5.56 Å². The van der Waals surface area contributed by atoms with Crippen molar-refractivity contribution in [2.45, 2.75) is 52.4 Å². The zero-order valence-electron chi connectivity index (χ0n) is 19.6. The van der Waals surface area contributed by atoms with E-state index in [4.69, 9.17) is 4.98 Å². The highest BCUT2D eigenvalue weighted by molar-refractivity contribution is 6.28. The van der Waals surface area contributed by atoms with Crippen LogP contribution in [0, 0.1) is 32.6 Å². The summed E-state index contributed by atoms with van der Waals surface area (Å²) in [5.41, 5.74) is 10.8. The Morgan fingerprint density at radius 3 is 2.55 bits per heavy atom. The molecule has 162 valence electrons. The van der Waals surface area contributed by atoms with Crippen molar-refractivity contribution in [2.75, 3.05) is 0 Å². The lowest BCUT2D eigenvalue weighted by atomic mass is 9.80. The molecule has 2 heteroatoms. The van der Waals surface area contributed by atoms with Crippen LogP contribution in [0.15, 0.2) is 48.7 Å². The number of hydrogen-bond donors (Lipinski definition) is 0. The van der Waals surface area contributed by atoms with E-state index >= 15 is 0 Å². The van der Waals surface area contributed by atoms with Crippen molar-refractivity contribution in [2.24, 2.45) is 11.8 Å². The van der Waals surface area contributed by atoms with Gasteiger partial charge in [0.15, 0.2) is 0 Å².